The van der Waals surface area contributed by atoms with E-state index in [9.17, 15) is 9.59 Å². The topological polar surface area (TPSA) is 67.4 Å². The van der Waals surface area contributed by atoms with E-state index >= 15 is 0 Å². The molecule has 1 atom stereocenters. The summed E-state index contributed by atoms with van der Waals surface area (Å²) in [7, 11) is 1.56. The van der Waals surface area contributed by atoms with Gasteiger partial charge in [0.15, 0.2) is 0 Å². The number of ether oxygens (including phenoxy) is 1. The van der Waals surface area contributed by atoms with Gasteiger partial charge in [-0.3, -0.25) is 9.59 Å². The van der Waals surface area contributed by atoms with Crippen LogP contribution in [0.2, 0.25) is 0 Å². The van der Waals surface area contributed by atoms with Gasteiger partial charge in [-0.2, -0.15) is 0 Å². The van der Waals surface area contributed by atoms with Gasteiger partial charge >= 0.3 is 0 Å². The maximum Gasteiger partial charge on any atom is 0.255 e. The number of carbonyl (C=O) groups excluding carboxylic acids is 2. The van der Waals surface area contributed by atoms with Crippen LogP contribution in [0, 0.1) is 3.57 Å². The number of carbonyl (C=O) groups is 2. The van der Waals surface area contributed by atoms with E-state index in [0.29, 0.717) is 17.0 Å². The molecular formula is C23H21IN2O3S. The van der Waals surface area contributed by atoms with Crippen molar-refractivity contribution in [3.8, 4) is 5.75 Å². The lowest BCUT2D eigenvalue weighted by molar-refractivity contribution is -0.115. The van der Waals surface area contributed by atoms with E-state index < -0.39 is 0 Å². The van der Waals surface area contributed by atoms with Crippen molar-refractivity contribution >= 4 is 57.5 Å². The van der Waals surface area contributed by atoms with Gasteiger partial charge in [-0.1, -0.05) is 12.1 Å². The van der Waals surface area contributed by atoms with Crippen LogP contribution < -0.4 is 15.4 Å². The third-order valence-electron chi connectivity index (χ3n) is 4.22. The lowest BCUT2D eigenvalue weighted by Gasteiger charge is -2.13. The van der Waals surface area contributed by atoms with Gasteiger partial charge in [0.05, 0.1) is 12.4 Å². The van der Waals surface area contributed by atoms with Crippen molar-refractivity contribution < 1.29 is 14.3 Å². The van der Waals surface area contributed by atoms with Crippen molar-refractivity contribution in [1.29, 1.82) is 0 Å². The number of rotatable bonds is 7. The summed E-state index contributed by atoms with van der Waals surface area (Å²) in [6.07, 6.45) is 0. The SMILES string of the molecule is COc1cccc(C(=O)Nc2cccc(SC(C)C(=O)Nc3ccc(I)cc3)c2)c1. The maximum absolute atomic E-state index is 12.5. The highest BCUT2D eigenvalue weighted by molar-refractivity contribution is 14.1. The lowest BCUT2D eigenvalue weighted by atomic mass is 10.2. The molecule has 3 aromatic rings. The second kappa shape index (κ2) is 10.5. The molecule has 1 unspecified atom stereocenters. The number of hydrogen-bond acceptors (Lipinski definition) is 4. The summed E-state index contributed by atoms with van der Waals surface area (Å²) in [6.45, 7) is 1.86. The van der Waals surface area contributed by atoms with Gasteiger partial charge in [-0.15, -0.1) is 11.8 Å². The van der Waals surface area contributed by atoms with Crippen molar-refractivity contribution in [3.63, 3.8) is 0 Å². The molecule has 0 saturated carbocycles. The molecule has 2 N–H and O–H groups in total. The highest BCUT2D eigenvalue weighted by atomic mass is 127. The van der Waals surface area contributed by atoms with Crippen LogP contribution in [0.15, 0.2) is 77.7 Å². The molecular weight excluding hydrogens is 511 g/mol. The minimum absolute atomic E-state index is 0.0768. The molecule has 0 aliphatic carbocycles. The summed E-state index contributed by atoms with van der Waals surface area (Å²) < 4.78 is 6.28. The average molecular weight is 532 g/mol. The van der Waals surface area contributed by atoms with Gasteiger partial charge in [0.25, 0.3) is 5.91 Å². The Morgan fingerprint density at radius 3 is 2.40 bits per heavy atom. The van der Waals surface area contributed by atoms with Crippen LogP contribution in [0.25, 0.3) is 0 Å². The lowest BCUT2D eigenvalue weighted by Crippen LogP contribution is -2.22. The monoisotopic (exact) mass is 532 g/mol. The van der Waals surface area contributed by atoms with Gasteiger partial charge in [0.1, 0.15) is 5.75 Å². The van der Waals surface area contributed by atoms with Crippen molar-refractivity contribution in [2.24, 2.45) is 0 Å². The largest absolute Gasteiger partial charge is 0.497 e. The van der Waals surface area contributed by atoms with E-state index in [4.69, 9.17) is 4.74 Å². The zero-order chi connectivity index (χ0) is 21.5. The molecule has 0 aliphatic heterocycles. The number of methoxy groups -OCH3 is 1. The van der Waals surface area contributed by atoms with Crippen LogP contribution >= 0.6 is 34.4 Å². The van der Waals surface area contributed by atoms with Gasteiger partial charge in [-0.05, 0) is 90.2 Å². The Morgan fingerprint density at radius 2 is 1.67 bits per heavy atom. The molecule has 3 aromatic carbocycles. The first kappa shape index (κ1) is 22.2. The van der Waals surface area contributed by atoms with Crippen LogP contribution in [0.1, 0.15) is 17.3 Å². The highest BCUT2D eigenvalue weighted by Gasteiger charge is 2.15. The van der Waals surface area contributed by atoms with Gasteiger partial charge < -0.3 is 15.4 Å². The predicted molar refractivity (Wildman–Crippen MR) is 130 cm³/mol. The van der Waals surface area contributed by atoms with Gasteiger partial charge in [0, 0.05) is 25.4 Å². The third-order valence-corrected chi connectivity index (χ3v) is 6.03. The fourth-order valence-electron chi connectivity index (χ4n) is 2.65. The normalized spacial score (nSPS) is 11.4. The quantitative estimate of drug-likeness (QED) is 0.304. The van der Waals surface area contributed by atoms with Crippen LogP contribution in [-0.4, -0.2) is 24.2 Å². The Hall–Kier alpha value is -2.52. The summed E-state index contributed by atoms with van der Waals surface area (Å²) in [5, 5.41) is 5.51. The van der Waals surface area contributed by atoms with Gasteiger partial charge in [-0.25, -0.2) is 0 Å². The summed E-state index contributed by atoms with van der Waals surface area (Å²) in [6, 6.07) is 22.1. The fraction of sp³-hybridized carbons (Fsp3) is 0.130. The van der Waals surface area contributed by atoms with Crippen LogP contribution in [0.4, 0.5) is 11.4 Å². The summed E-state index contributed by atoms with van der Waals surface area (Å²) >= 11 is 3.66. The van der Waals surface area contributed by atoms with Crippen LogP contribution in [0.3, 0.4) is 0 Å². The smallest absolute Gasteiger partial charge is 0.255 e. The molecule has 0 radical (unpaired) electrons. The molecule has 30 heavy (non-hydrogen) atoms. The first-order chi connectivity index (χ1) is 14.4. The zero-order valence-corrected chi connectivity index (χ0v) is 19.5. The number of hydrogen-bond donors (Lipinski definition) is 2. The second-order valence-corrected chi connectivity index (χ2v) is 9.13. The first-order valence-corrected chi connectivity index (χ1v) is 11.2. The summed E-state index contributed by atoms with van der Waals surface area (Å²) in [5.41, 5.74) is 1.95. The van der Waals surface area contributed by atoms with Crippen LogP contribution in [-0.2, 0) is 4.79 Å². The molecule has 3 rings (SSSR count). The molecule has 0 fully saturated rings. The average Bonchev–Trinajstić information content (AvgIpc) is 2.75. The van der Waals surface area contributed by atoms with E-state index in [0.717, 1.165) is 14.2 Å². The first-order valence-electron chi connectivity index (χ1n) is 9.23. The van der Waals surface area contributed by atoms with E-state index in [1.54, 1.807) is 31.4 Å². The predicted octanol–water partition coefficient (Wildman–Crippen LogP) is 5.67. The minimum atomic E-state index is -0.298. The zero-order valence-electron chi connectivity index (χ0n) is 16.5. The van der Waals surface area contributed by atoms with E-state index in [-0.39, 0.29) is 17.1 Å². The fourth-order valence-corrected chi connectivity index (χ4v) is 3.94. The van der Waals surface area contributed by atoms with E-state index in [2.05, 4.69) is 33.2 Å². The standard InChI is InChI=1S/C23H21IN2O3S/c1-15(22(27)25-18-11-9-17(24)10-12-18)30-21-8-4-6-19(14-21)26-23(28)16-5-3-7-20(13-16)29-2/h3-15H,1-2H3,(H,25,27)(H,26,28). The van der Waals surface area contributed by atoms with E-state index in [1.807, 2.05) is 55.5 Å². The third kappa shape index (κ3) is 6.24. The molecule has 2 amide bonds. The Kier molecular flexibility index (Phi) is 7.75. The molecule has 0 bridgehead atoms. The van der Waals surface area contributed by atoms with Crippen molar-refractivity contribution in [1.82, 2.24) is 0 Å². The minimum Gasteiger partial charge on any atom is -0.497 e. The van der Waals surface area contributed by atoms with Gasteiger partial charge in [0.2, 0.25) is 5.91 Å². The van der Waals surface area contributed by atoms with Crippen molar-refractivity contribution in [2.45, 2.75) is 17.1 Å². The number of amides is 2. The molecule has 0 aliphatic rings. The molecule has 5 nitrogen and oxygen atoms in total. The Balaban J connectivity index is 1.62. The Labute approximate surface area is 193 Å². The maximum atomic E-state index is 12.5. The molecule has 154 valence electrons. The number of halogens is 1. The van der Waals surface area contributed by atoms with Crippen molar-refractivity contribution in [2.75, 3.05) is 17.7 Å². The summed E-state index contributed by atoms with van der Waals surface area (Å²) in [4.78, 5) is 25.9. The number of nitrogens with one attached hydrogen (secondary N) is 2. The molecule has 7 heteroatoms. The highest BCUT2D eigenvalue weighted by Crippen LogP contribution is 2.27. The molecule has 0 aromatic heterocycles. The molecule has 0 heterocycles. The Morgan fingerprint density at radius 1 is 0.933 bits per heavy atom. The van der Waals surface area contributed by atoms with Crippen LogP contribution in [0.5, 0.6) is 5.75 Å². The summed E-state index contributed by atoms with van der Waals surface area (Å²) in [5.74, 6) is 0.326. The number of thioether (sulfide) groups is 1. The molecule has 0 spiro atoms. The Bertz CT molecular complexity index is 1040. The van der Waals surface area contributed by atoms with E-state index in [1.165, 1.54) is 11.8 Å². The second-order valence-electron chi connectivity index (χ2n) is 6.47. The number of benzene rings is 3. The van der Waals surface area contributed by atoms with Crippen molar-refractivity contribution in [3.05, 3.63) is 81.9 Å². The molecule has 0 saturated heterocycles. The number of anilines is 2.